The molecule has 1 aliphatic heterocycles. The summed E-state index contributed by atoms with van der Waals surface area (Å²) in [6.07, 6.45) is 6.77. The van der Waals surface area contributed by atoms with E-state index in [-0.39, 0.29) is 5.92 Å². The maximum absolute atomic E-state index is 5.46. The zero-order valence-corrected chi connectivity index (χ0v) is 17.4. The van der Waals surface area contributed by atoms with Crippen LogP contribution in [0.25, 0.3) is 11.6 Å². The van der Waals surface area contributed by atoms with Crippen molar-refractivity contribution >= 4 is 0 Å². The van der Waals surface area contributed by atoms with Gasteiger partial charge in [0.15, 0.2) is 17.3 Å². The Hall–Kier alpha value is -3.20. The molecule has 0 aliphatic carbocycles. The number of aromatic nitrogens is 4. The maximum Gasteiger partial charge on any atom is 0.278 e. The molecule has 0 saturated carbocycles. The molecule has 1 fully saturated rings. The highest BCUT2D eigenvalue weighted by molar-refractivity contribution is 5.53. The van der Waals surface area contributed by atoms with Gasteiger partial charge in [-0.2, -0.15) is 4.98 Å². The molecule has 30 heavy (non-hydrogen) atoms. The Labute approximate surface area is 175 Å². The van der Waals surface area contributed by atoms with Crippen LogP contribution < -0.4 is 14.2 Å². The van der Waals surface area contributed by atoms with Crippen molar-refractivity contribution in [2.45, 2.75) is 25.3 Å². The predicted molar refractivity (Wildman–Crippen MR) is 109 cm³/mol. The third-order valence-corrected chi connectivity index (χ3v) is 5.31. The van der Waals surface area contributed by atoms with Gasteiger partial charge in [-0.25, -0.2) is 4.98 Å². The van der Waals surface area contributed by atoms with E-state index in [0.717, 1.165) is 43.9 Å². The zero-order valence-electron chi connectivity index (χ0n) is 17.4. The Morgan fingerprint density at radius 1 is 1.03 bits per heavy atom. The Balaban J connectivity index is 1.39. The summed E-state index contributed by atoms with van der Waals surface area (Å²) in [5.41, 5.74) is 1.71. The molecule has 2 aromatic heterocycles. The summed E-state index contributed by atoms with van der Waals surface area (Å²) in [5.74, 6) is 3.38. The average Bonchev–Trinajstić information content (AvgIpc) is 3.30. The van der Waals surface area contributed by atoms with Crippen LogP contribution in [-0.2, 0) is 6.54 Å². The third kappa shape index (κ3) is 4.20. The zero-order chi connectivity index (χ0) is 20.9. The van der Waals surface area contributed by atoms with Gasteiger partial charge in [0.2, 0.25) is 5.75 Å². The van der Waals surface area contributed by atoms with E-state index < -0.39 is 0 Å². The Morgan fingerprint density at radius 3 is 2.37 bits per heavy atom. The molecular weight excluding hydrogens is 386 g/mol. The minimum Gasteiger partial charge on any atom is -0.493 e. The molecule has 158 valence electrons. The fraction of sp³-hybridized carbons (Fsp3) is 0.429. The molecule has 9 nitrogen and oxygen atoms in total. The first-order chi connectivity index (χ1) is 14.7. The van der Waals surface area contributed by atoms with Gasteiger partial charge in [-0.3, -0.25) is 9.88 Å². The predicted octanol–water partition coefficient (Wildman–Crippen LogP) is 2.93. The molecule has 3 aromatic rings. The summed E-state index contributed by atoms with van der Waals surface area (Å²) in [5, 5.41) is 4.17. The van der Waals surface area contributed by atoms with Crippen LogP contribution in [0.3, 0.4) is 0 Å². The minimum absolute atomic E-state index is 0.273. The van der Waals surface area contributed by atoms with Gasteiger partial charge in [-0.1, -0.05) is 5.16 Å². The monoisotopic (exact) mass is 411 g/mol. The van der Waals surface area contributed by atoms with Crippen molar-refractivity contribution in [2.24, 2.45) is 0 Å². The smallest absolute Gasteiger partial charge is 0.278 e. The van der Waals surface area contributed by atoms with Gasteiger partial charge in [0.1, 0.15) is 5.69 Å². The van der Waals surface area contributed by atoms with Crippen LogP contribution in [0.1, 0.15) is 30.1 Å². The number of piperidine rings is 1. The van der Waals surface area contributed by atoms with E-state index in [1.54, 1.807) is 39.9 Å². The van der Waals surface area contributed by atoms with Gasteiger partial charge in [0.25, 0.3) is 5.89 Å². The van der Waals surface area contributed by atoms with E-state index in [9.17, 15) is 0 Å². The maximum atomic E-state index is 5.46. The standard InChI is InChI=1S/C21H25N5O4/c1-27-17-10-14(11-18(28-2)19(17)29-3)13-26-8-4-15(5-9-26)20-24-21(30-25-20)16-12-22-6-7-23-16/h6-7,10-12,15H,4-5,8-9,13H2,1-3H3. The normalized spacial score (nSPS) is 15.2. The summed E-state index contributed by atoms with van der Waals surface area (Å²) in [6.45, 7) is 2.69. The lowest BCUT2D eigenvalue weighted by Crippen LogP contribution is -2.32. The largest absolute Gasteiger partial charge is 0.493 e. The number of methoxy groups -OCH3 is 3. The van der Waals surface area contributed by atoms with Crippen molar-refractivity contribution in [1.29, 1.82) is 0 Å². The van der Waals surface area contributed by atoms with Crippen LogP contribution in [0.15, 0.2) is 35.2 Å². The molecule has 9 heteroatoms. The van der Waals surface area contributed by atoms with Gasteiger partial charge in [-0.05, 0) is 43.6 Å². The van der Waals surface area contributed by atoms with Crippen molar-refractivity contribution in [2.75, 3.05) is 34.4 Å². The van der Waals surface area contributed by atoms with Crippen molar-refractivity contribution in [3.8, 4) is 28.8 Å². The third-order valence-electron chi connectivity index (χ3n) is 5.31. The van der Waals surface area contributed by atoms with E-state index >= 15 is 0 Å². The highest BCUT2D eigenvalue weighted by Gasteiger charge is 2.26. The first-order valence-electron chi connectivity index (χ1n) is 9.83. The highest BCUT2D eigenvalue weighted by Crippen LogP contribution is 2.39. The molecule has 1 aliphatic rings. The van der Waals surface area contributed by atoms with Crippen LogP contribution in [-0.4, -0.2) is 59.4 Å². The van der Waals surface area contributed by atoms with Gasteiger partial charge >= 0.3 is 0 Å². The van der Waals surface area contributed by atoms with E-state index in [2.05, 4.69) is 25.0 Å². The molecular formula is C21H25N5O4. The van der Waals surface area contributed by atoms with Gasteiger partial charge in [-0.15, -0.1) is 0 Å². The summed E-state index contributed by atoms with van der Waals surface area (Å²) >= 11 is 0. The van der Waals surface area contributed by atoms with Crippen LogP contribution in [0.4, 0.5) is 0 Å². The summed E-state index contributed by atoms with van der Waals surface area (Å²) in [4.78, 5) is 15.2. The summed E-state index contributed by atoms with van der Waals surface area (Å²) < 4.78 is 21.7. The number of hydrogen-bond acceptors (Lipinski definition) is 9. The van der Waals surface area contributed by atoms with Gasteiger partial charge < -0.3 is 18.7 Å². The lowest BCUT2D eigenvalue weighted by Gasteiger charge is -2.30. The number of ether oxygens (including phenoxy) is 3. The highest BCUT2D eigenvalue weighted by atomic mass is 16.5. The van der Waals surface area contributed by atoms with Gasteiger partial charge in [0.05, 0.1) is 27.5 Å². The first-order valence-corrected chi connectivity index (χ1v) is 9.83. The first kappa shape index (κ1) is 20.1. The van der Waals surface area contributed by atoms with E-state index in [4.69, 9.17) is 18.7 Å². The van der Waals surface area contributed by atoms with Crippen LogP contribution in [0.5, 0.6) is 17.2 Å². The lowest BCUT2D eigenvalue weighted by molar-refractivity contribution is 0.199. The molecule has 3 heterocycles. The van der Waals surface area contributed by atoms with Crippen molar-refractivity contribution in [1.82, 2.24) is 25.0 Å². The van der Waals surface area contributed by atoms with Crippen LogP contribution in [0, 0.1) is 0 Å². The molecule has 0 N–H and O–H groups in total. The SMILES string of the molecule is COc1cc(CN2CCC(c3noc(-c4cnccn4)n3)CC2)cc(OC)c1OC. The Kier molecular flexibility index (Phi) is 6.08. The van der Waals surface area contributed by atoms with Gasteiger partial charge in [0, 0.05) is 24.9 Å². The fourth-order valence-electron chi connectivity index (χ4n) is 3.75. The number of likely N-dealkylation sites (tertiary alicyclic amines) is 1. The van der Waals surface area contributed by atoms with Crippen molar-refractivity contribution in [3.05, 3.63) is 42.1 Å². The second kappa shape index (κ2) is 9.08. The van der Waals surface area contributed by atoms with Crippen molar-refractivity contribution in [3.63, 3.8) is 0 Å². The average molecular weight is 411 g/mol. The fourth-order valence-corrected chi connectivity index (χ4v) is 3.75. The molecule has 0 spiro atoms. The molecule has 0 unspecified atom stereocenters. The van der Waals surface area contributed by atoms with Crippen molar-refractivity contribution < 1.29 is 18.7 Å². The molecule has 0 radical (unpaired) electrons. The second-order valence-electron chi connectivity index (χ2n) is 7.13. The number of hydrogen-bond donors (Lipinski definition) is 0. The molecule has 0 amide bonds. The van der Waals surface area contributed by atoms with E-state index in [0.29, 0.717) is 28.8 Å². The summed E-state index contributed by atoms with van der Waals surface area (Å²) in [6, 6.07) is 4.00. The molecule has 4 rings (SSSR count). The van der Waals surface area contributed by atoms with Crippen LogP contribution in [0.2, 0.25) is 0 Å². The lowest BCUT2D eigenvalue weighted by atomic mass is 9.96. The van der Waals surface area contributed by atoms with E-state index in [1.807, 2.05) is 12.1 Å². The molecule has 1 saturated heterocycles. The topological polar surface area (TPSA) is 95.6 Å². The van der Waals surface area contributed by atoms with Crippen LogP contribution >= 0.6 is 0 Å². The molecule has 0 bridgehead atoms. The Morgan fingerprint density at radius 2 is 1.77 bits per heavy atom. The Bertz CT molecular complexity index is 946. The number of rotatable bonds is 7. The summed E-state index contributed by atoms with van der Waals surface area (Å²) in [7, 11) is 4.87. The molecule has 0 atom stereocenters. The number of benzene rings is 1. The quantitative estimate of drug-likeness (QED) is 0.581. The minimum atomic E-state index is 0.273. The number of nitrogens with zero attached hydrogens (tertiary/aromatic N) is 5. The van der Waals surface area contributed by atoms with E-state index in [1.165, 1.54) is 0 Å². The molecule has 1 aromatic carbocycles. The second-order valence-corrected chi connectivity index (χ2v) is 7.13.